The van der Waals surface area contributed by atoms with Gasteiger partial charge in [-0.3, -0.25) is 4.79 Å². The van der Waals surface area contributed by atoms with Crippen LogP contribution in [-0.4, -0.2) is 5.91 Å². The minimum atomic E-state index is 0.00125. The van der Waals surface area contributed by atoms with Crippen molar-refractivity contribution in [2.45, 2.75) is 20.3 Å². The quantitative estimate of drug-likeness (QED) is 0.901. The molecule has 19 heavy (non-hydrogen) atoms. The molecule has 1 N–H and O–H groups in total. The minimum absolute atomic E-state index is 0.00125. The van der Waals surface area contributed by atoms with Crippen molar-refractivity contribution in [3.05, 3.63) is 63.6 Å². The number of hydrogen-bond acceptors (Lipinski definition) is 1. The van der Waals surface area contributed by atoms with Gasteiger partial charge in [-0.1, -0.05) is 40.2 Å². The van der Waals surface area contributed by atoms with Crippen molar-refractivity contribution in [2.24, 2.45) is 0 Å². The maximum atomic E-state index is 12.0. The molecule has 0 unspecified atom stereocenters. The van der Waals surface area contributed by atoms with Gasteiger partial charge in [0.2, 0.25) is 5.91 Å². The third kappa shape index (κ3) is 3.93. The number of carbonyl (C=O) groups excluding carboxylic acids is 1. The summed E-state index contributed by atoms with van der Waals surface area (Å²) in [6.45, 7) is 4.13. The summed E-state index contributed by atoms with van der Waals surface area (Å²) in [6.07, 6.45) is 0.396. The van der Waals surface area contributed by atoms with Crippen molar-refractivity contribution < 1.29 is 4.79 Å². The highest BCUT2D eigenvalue weighted by Gasteiger charge is 2.05. The normalized spacial score (nSPS) is 10.3. The summed E-state index contributed by atoms with van der Waals surface area (Å²) in [7, 11) is 0. The lowest BCUT2D eigenvalue weighted by Crippen LogP contribution is -2.14. The molecule has 0 saturated carbocycles. The molecule has 1 amide bonds. The lowest BCUT2D eigenvalue weighted by molar-refractivity contribution is -0.115. The van der Waals surface area contributed by atoms with E-state index in [0.717, 1.165) is 15.7 Å². The van der Waals surface area contributed by atoms with Crippen molar-refractivity contribution in [2.75, 3.05) is 5.32 Å². The fraction of sp³-hybridized carbons (Fsp3) is 0.188. The molecule has 0 radical (unpaired) electrons. The Hall–Kier alpha value is -1.61. The van der Waals surface area contributed by atoms with Crippen LogP contribution in [0.1, 0.15) is 16.7 Å². The first kappa shape index (κ1) is 13.8. The van der Waals surface area contributed by atoms with Crippen molar-refractivity contribution in [3.63, 3.8) is 0 Å². The first-order valence-electron chi connectivity index (χ1n) is 6.16. The van der Waals surface area contributed by atoms with Crippen molar-refractivity contribution >= 4 is 27.5 Å². The van der Waals surface area contributed by atoms with Crippen LogP contribution in [0.15, 0.2) is 46.9 Å². The first-order valence-corrected chi connectivity index (χ1v) is 6.95. The van der Waals surface area contributed by atoms with Crippen LogP contribution in [-0.2, 0) is 11.2 Å². The van der Waals surface area contributed by atoms with Crippen LogP contribution in [0.3, 0.4) is 0 Å². The van der Waals surface area contributed by atoms with Crippen molar-refractivity contribution in [3.8, 4) is 0 Å². The number of aryl methyl sites for hydroxylation is 2. The van der Waals surface area contributed by atoms with E-state index < -0.39 is 0 Å². The molecule has 2 aromatic carbocycles. The molecule has 0 heterocycles. The van der Waals surface area contributed by atoms with E-state index in [1.54, 1.807) is 0 Å². The predicted molar refractivity (Wildman–Crippen MR) is 82.4 cm³/mol. The predicted octanol–water partition coefficient (Wildman–Crippen LogP) is 4.25. The Bertz CT molecular complexity index is 607. The number of hydrogen-bond donors (Lipinski definition) is 1. The Morgan fingerprint density at radius 1 is 1.11 bits per heavy atom. The molecular weight excluding hydrogens is 302 g/mol. The number of anilines is 1. The monoisotopic (exact) mass is 317 g/mol. The largest absolute Gasteiger partial charge is 0.326 e. The highest BCUT2D eigenvalue weighted by molar-refractivity contribution is 9.10. The number of benzene rings is 2. The second-order valence-electron chi connectivity index (χ2n) is 4.65. The van der Waals surface area contributed by atoms with Gasteiger partial charge in [0.05, 0.1) is 6.42 Å². The fourth-order valence-corrected chi connectivity index (χ4v) is 2.27. The van der Waals surface area contributed by atoms with Crippen molar-refractivity contribution in [1.29, 1.82) is 0 Å². The molecule has 2 rings (SSSR count). The van der Waals surface area contributed by atoms with Crippen LogP contribution in [0.5, 0.6) is 0 Å². The molecular formula is C16H16BrNO. The Kier molecular flexibility index (Phi) is 4.38. The lowest BCUT2D eigenvalue weighted by atomic mass is 10.0. The Balaban J connectivity index is 2.03. The molecule has 0 bridgehead atoms. The van der Waals surface area contributed by atoms with E-state index in [2.05, 4.69) is 47.2 Å². The molecule has 98 valence electrons. The van der Waals surface area contributed by atoms with Gasteiger partial charge in [-0.2, -0.15) is 0 Å². The SMILES string of the molecule is Cc1ccc(CC(=O)Nc2cccc(Br)c2)cc1C. The van der Waals surface area contributed by atoms with Crippen LogP contribution in [0, 0.1) is 13.8 Å². The highest BCUT2D eigenvalue weighted by Crippen LogP contribution is 2.16. The summed E-state index contributed by atoms with van der Waals surface area (Å²) in [5.41, 5.74) is 4.31. The van der Waals surface area contributed by atoms with Gasteiger partial charge in [0, 0.05) is 10.2 Å². The number of amides is 1. The number of rotatable bonds is 3. The van der Waals surface area contributed by atoms with E-state index >= 15 is 0 Å². The lowest BCUT2D eigenvalue weighted by Gasteiger charge is -2.07. The fourth-order valence-electron chi connectivity index (χ4n) is 1.87. The van der Waals surface area contributed by atoms with Gasteiger partial charge >= 0.3 is 0 Å². The van der Waals surface area contributed by atoms with Gasteiger partial charge in [-0.25, -0.2) is 0 Å². The molecule has 0 aliphatic rings. The van der Waals surface area contributed by atoms with E-state index in [1.165, 1.54) is 11.1 Å². The Morgan fingerprint density at radius 3 is 2.58 bits per heavy atom. The first-order chi connectivity index (χ1) is 9.04. The summed E-state index contributed by atoms with van der Waals surface area (Å²) in [5, 5.41) is 2.90. The Labute approximate surface area is 122 Å². The van der Waals surface area contributed by atoms with Gasteiger partial charge in [0.1, 0.15) is 0 Å². The van der Waals surface area contributed by atoms with Crippen LogP contribution in [0.25, 0.3) is 0 Å². The van der Waals surface area contributed by atoms with E-state index in [9.17, 15) is 4.79 Å². The smallest absolute Gasteiger partial charge is 0.228 e. The van der Waals surface area contributed by atoms with E-state index in [-0.39, 0.29) is 5.91 Å². The van der Waals surface area contributed by atoms with Crippen LogP contribution < -0.4 is 5.32 Å². The maximum absolute atomic E-state index is 12.0. The topological polar surface area (TPSA) is 29.1 Å². The average molecular weight is 318 g/mol. The summed E-state index contributed by atoms with van der Waals surface area (Å²) < 4.78 is 0.955. The molecule has 0 aromatic heterocycles. The zero-order valence-corrected chi connectivity index (χ0v) is 12.6. The molecule has 2 nitrogen and oxygen atoms in total. The van der Waals surface area contributed by atoms with Gasteiger partial charge in [0.15, 0.2) is 0 Å². The van der Waals surface area contributed by atoms with E-state index in [0.29, 0.717) is 6.42 Å². The van der Waals surface area contributed by atoms with Gasteiger partial charge in [-0.15, -0.1) is 0 Å². The van der Waals surface area contributed by atoms with Gasteiger partial charge < -0.3 is 5.32 Å². The van der Waals surface area contributed by atoms with Crippen LogP contribution in [0.2, 0.25) is 0 Å². The second kappa shape index (κ2) is 6.02. The van der Waals surface area contributed by atoms with E-state index in [4.69, 9.17) is 0 Å². The molecule has 0 fully saturated rings. The molecule has 3 heteroatoms. The molecule has 0 saturated heterocycles. The molecule has 2 aromatic rings. The average Bonchev–Trinajstić information content (AvgIpc) is 2.34. The Morgan fingerprint density at radius 2 is 1.89 bits per heavy atom. The third-order valence-electron chi connectivity index (χ3n) is 3.04. The molecule has 0 atom stereocenters. The molecule has 0 aliphatic heterocycles. The summed E-state index contributed by atoms with van der Waals surface area (Å²) in [4.78, 5) is 12.0. The summed E-state index contributed by atoms with van der Waals surface area (Å²) in [6, 6.07) is 13.7. The van der Waals surface area contributed by atoms with Crippen LogP contribution in [0.4, 0.5) is 5.69 Å². The number of carbonyl (C=O) groups is 1. The second-order valence-corrected chi connectivity index (χ2v) is 5.57. The van der Waals surface area contributed by atoms with Crippen LogP contribution >= 0.6 is 15.9 Å². The molecule has 0 aliphatic carbocycles. The molecule has 0 spiro atoms. The standard InChI is InChI=1S/C16H16BrNO/c1-11-6-7-13(8-12(11)2)9-16(19)18-15-5-3-4-14(17)10-15/h3-8,10H,9H2,1-2H3,(H,18,19). The number of nitrogens with one attached hydrogen (secondary N) is 1. The summed E-state index contributed by atoms with van der Waals surface area (Å²) >= 11 is 3.39. The third-order valence-corrected chi connectivity index (χ3v) is 3.54. The summed E-state index contributed by atoms with van der Waals surface area (Å²) in [5.74, 6) is 0.00125. The van der Waals surface area contributed by atoms with Gasteiger partial charge in [-0.05, 0) is 48.7 Å². The highest BCUT2D eigenvalue weighted by atomic mass is 79.9. The van der Waals surface area contributed by atoms with E-state index in [1.807, 2.05) is 30.3 Å². The van der Waals surface area contributed by atoms with Crippen molar-refractivity contribution in [1.82, 2.24) is 0 Å². The maximum Gasteiger partial charge on any atom is 0.228 e. The zero-order valence-electron chi connectivity index (χ0n) is 11.0. The minimum Gasteiger partial charge on any atom is -0.326 e. The number of halogens is 1. The van der Waals surface area contributed by atoms with Gasteiger partial charge in [0.25, 0.3) is 0 Å². The zero-order chi connectivity index (χ0) is 13.8.